The maximum Gasteiger partial charge on any atom is 0.311 e. The van der Waals surface area contributed by atoms with Crippen molar-refractivity contribution in [3.05, 3.63) is 59.7 Å². The molecular weight excluding hydrogens is 464 g/mol. The molecule has 1 heterocycles. The Balaban J connectivity index is 1.46. The molecule has 1 saturated heterocycles. The molecule has 1 aliphatic heterocycles. The topological polar surface area (TPSA) is 134 Å². The second kappa shape index (κ2) is 11.0. The molecule has 4 amide bonds. The highest BCUT2D eigenvalue weighted by Crippen LogP contribution is 2.23. The zero-order valence-corrected chi connectivity index (χ0v) is 20.7. The number of carbonyl (C=O) groups is 5. The molecule has 1 aliphatic rings. The number of hydrogen-bond acceptors (Lipinski definition) is 6. The van der Waals surface area contributed by atoms with Gasteiger partial charge in [0.1, 0.15) is 0 Å². The van der Waals surface area contributed by atoms with Gasteiger partial charge in [0.05, 0.1) is 12.5 Å². The van der Waals surface area contributed by atoms with Gasteiger partial charge in [0, 0.05) is 30.3 Å². The quantitative estimate of drug-likeness (QED) is 0.507. The number of nitrogens with one attached hydrogen (secondary N) is 3. The van der Waals surface area contributed by atoms with E-state index in [0.717, 1.165) is 10.6 Å². The van der Waals surface area contributed by atoms with E-state index in [1.165, 1.54) is 6.92 Å². The van der Waals surface area contributed by atoms with Gasteiger partial charge in [0.15, 0.2) is 6.61 Å². The van der Waals surface area contributed by atoms with Crippen molar-refractivity contribution < 1.29 is 28.7 Å². The normalized spacial score (nSPS) is 15.3. The van der Waals surface area contributed by atoms with Crippen LogP contribution in [0.1, 0.15) is 50.0 Å². The second-order valence-electron chi connectivity index (χ2n) is 9.59. The lowest BCUT2D eigenvalue weighted by Gasteiger charge is -2.20. The Morgan fingerprint density at radius 3 is 2.08 bits per heavy atom. The molecule has 2 aromatic rings. The molecular formula is C26H30N4O6. The number of ether oxygens (including phenoxy) is 1. The van der Waals surface area contributed by atoms with Crippen molar-refractivity contribution in [3.8, 4) is 0 Å². The summed E-state index contributed by atoms with van der Waals surface area (Å²) in [7, 11) is 0. The third-order valence-electron chi connectivity index (χ3n) is 5.54. The van der Waals surface area contributed by atoms with Crippen LogP contribution in [-0.4, -0.2) is 47.8 Å². The summed E-state index contributed by atoms with van der Waals surface area (Å²) in [4.78, 5) is 60.4. The smallest absolute Gasteiger partial charge is 0.311 e. The summed E-state index contributed by atoms with van der Waals surface area (Å²) in [6.45, 7) is 7.03. The number of esters is 1. The summed E-state index contributed by atoms with van der Waals surface area (Å²) in [5, 5.41) is 6.29. The fourth-order valence-electron chi connectivity index (χ4n) is 3.57. The minimum atomic E-state index is -0.800. The van der Waals surface area contributed by atoms with Crippen LogP contribution in [0.5, 0.6) is 0 Å². The van der Waals surface area contributed by atoms with Gasteiger partial charge in [0.2, 0.25) is 11.8 Å². The molecule has 10 nitrogen and oxygen atoms in total. The molecule has 1 fully saturated rings. The van der Waals surface area contributed by atoms with Crippen LogP contribution in [-0.2, 0) is 29.3 Å². The van der Waals surface area contributed by atoms with Gasteiger partial charge in [-0.05, 0) is 47.4 Å². The number of benzene rings is 2. The van der Waals surface area contributed by atoms with Gasteiger partial charge in [-0.1, -0.05) is 32.9 Å². The average molecular weight is 495 g/mol. The van der Waals surface area contributed by atoms with Crippen molar-refractivity contribution in [3.63, 3.8) is 0 Å². The Morgan fingerprint density at radius 2 is 1.53 bits per heavy atom. The number of amides is 4. The van der Waals surface area contributed by atoms with Crippen LogP contribution in [0, 0.1) is 5.92 Å². The van der Waals surface area contributed by atoms with Crippen LogP contribution < -0.4 is 16.1 Å². The van der Waals surface area contributed by atoms with Crippen molar-refractivity contribution >= 4 is 41.0 Å². The second-order valence-corrected chi connectivity index (χ2v) is 9.59. The molecule has 0 unspecified atom stereocenters. The van der Waals surface area contributed by atoms with Crippen LogP contribution in [0.25, 0.3) is 0 Å². The summed E-state index contributed by atoms with van der Waals surface area (Å²) in [6, 6.07) is 13.5. The first-order chi connectivity index (χ1) is 16.9. The van der Waals surface area contributed by atoms with Crippen molar-refractivity contribution in [1.82, 2.24) is 10.4 Å². The molecule has 1 atom stereocenters. The number of hydrazine groups is 1. The van der Waals surface area contributed by atoms with Crippen LogP contribution in [0.3, 0.4) is 0 Å². The number of nitrogens with zero attached hydrogens (tertiary/aromatic N) is 1. The van der Waals surface area contributed by atoms with E-state index in [1.54, 1.807) is 36.4 Å². The van der Waals surface area contributed by atoms with Gasteiger partial charge in [0.25, 0.3) is 11.8 Å². The highest BCUT2D eigenvalue weighted by Gasteiger charge is 2.36. The number of rotatable bonds is 7. The Hall–Kier alpha value is -4.21. The largest absolute Gasteiger partial charge is 0.455 e. The van der Waals surface area contributed by atoms with E-state index in [-0.39, 0.29) is 24.3 Å². The maximum absolute atomic E-state index is 12.6. The lowest BCUT2D eigenvalue weighted by molar-refractivity contribution is -0.151. The van der Waals surface area contributed by atoms with Gasteiger partial charge in [-0.3, -0.25) is 34.4 Å². The highest BCUT2D eigenvalue weighted by molar-refractivity contribution is 5.97. The van der Waals surface area contributed by atoms with Crippen molar-refractivity contribution in [2.75, 3.05) is 23.8 Å². The van der Waals surface area contributed by atoms with E-state index in [9.17, 15) is 24.0 Å². The van der Waals surface area contributed by atoms with E-state index in [0.29, 0.717) is 16.9 Å². The SMILES string of the molecule is CC(=O)Nc1ccc(NC(=O)COC(=O)[C@@H]2CC(=O)N(NC(=O)c3ccc(C(C)(C)C)cc3)C2)cc1. The summed E-state index contributed by atoms with van der Waals surface area (Å²) < 4.78 is 5.07. The van der Waals surface area contributed by atoms with Gasteiger partial charge >= 0.3 is 5.97 Å². The van der Waals surface area contributed by atoms with E-state index in [1.807, 2.05) is 12.1 Å². The minimum Gasteiger partial charge on any atom is -0.455 e. The lowest BCUT2D eigenvalue weighted by atomic mass is 9.87. The summed E-state index contributed by atoms with van der Waals surface area (Å²) in [5.41, 5.74) is 4.99. The minimum absolute atomic E-state index is 0.0459. The van der Waals surface area contributed by atoms with E-state index in [4.69, 9.17) is 4.74 Å². The molecule has 0 bridgehead atoms. The number of carbonyl (C=O) groups excluding carboxylic acids is 5. The van der Waals surface area contributed by atoms with Gasteiger partial charge in [-0.15, -0.1) is 0 Å². The highest BCUT2D eigenvalue weighted by atomic mass is 16.5. The third kappa shape index (κ3) is 7.14. The van der Waals surface area contributed by atoms with Crippen LogP contribution in [0.2, 0.25) is 0 Å². The van der Waals surface area contributed by atoms with Crippen LogP contribution in [0.15, 0.2) is 48.5 Å². The molecule has 10 heteroatoms. The molecule has 0 saturated carbocycles. The zero-order valence-electron chi connectivity index (χ0n) is 20.7. The fraction of sp³-hybridized carbons (Fsp3) is 0.346. The van der Waals surface area contributed by atoms with Gasteiger partial charge in [-0.25, -0.2) is 0 Å². The predicted octanol–water partition coefficient (Wildman–Crippen LogP) is 2.62. The lowest BCUT2D eigenvalue weighted by Crippen LogP contribution is -2.43. The summed E-state index contributed by atoms with van der Waals surface area (Å²) in [6.07, 6.45) is -0.131. The summed E-state index contributed by atoms with van der Waals surface area (Å²) in [5.74, 6) is -3.14. The van der Waals surface area contributed by atoms with Gasteiger partial charge in [-0.2, -0.15) is 0 Å². The van der Waals surface area contributed by atoms with E-state index in [2.05, 4.69) is 36.8 Å². The Bertz CT molecular complexity index is 1150. The standard InChI is InChI=1S/C26H30N4O6/c1-16(31)27-20-9-11-21(12-10-20)28-22(32)15-36-25(35)18-13-23(33)30(14-18)29-24(34)17-5-7-19(8-6-17)26(2,3)4/h5-12,18H,13-15H2,1-4H3,(H,27,31)(H,28,32)(H,29,34)/t18-/m1/s1. The molecule has 2 aromatic carbocycles. The first-order valence-corrected chi connectivity index (χ1v) is 11.5. The van der Waals surface area contributed by atoms with Crippen molar-refractivity contribution in [2.45, 2.75) is 39.5 Å². The van der Waals surface area contributed by atoms with Crippen molar-refractivity contribution in [2.24, 2.45) is 5.92 Å². The van der Waals surface area contributed by atoms with Gasteiger partial charge < -0.3 is 15.4 Å². The van der Waals surface area contributed by atoms with E-state index < -0.39 is 36.2 Å². The average Bonchev–Trinajstić information content (AvgIpc) is 3.18. The number of anilines is 2. The summed E-state index contributed by atoms with van der Waals surface area (Å²) >= 11 is 0. The first-order valence-electron chi connectivity index (χ1n) is 11.5. The first kappa shape index (κ1) is 26.4. The Morgan fingerprint density at radius 1 is 0.944 bits per heavy atom. The molecule has 3 N–H and O–H groups in total. The monoisotopic (exact) mass is 494 g/mol. The maximum atomic E-state index is 12.6. The van der Waals surface area contributed by atoms with Crippen molar-refractivity contribution in [1.29, 1.82) is 0 Å². The third-order valence-corrected chi connectivity index (χ3v) is 5.54. The van der Waals surface area contributed by atoms with Crippen LogP contribution in [0.4, 0.5) is 11.4 Å². The zero-order chi connectivity index (χ0) is 26.5. The number of hydrogen-bond donors (Lipinski definition) is 3. The van der Waals surface area contributed by atoms with E-state index >= 15 is 0 Å². The molecule has 0 aliphatic carbocycles. The molecule has 3 rings (SSSR count). The molecule has 190 valence electrons. The Kier molecular flexibility index (Phi) is 8.08. The predicted molar refractivity (Wildman–Crippen MR) is 133 cm³/mol. The molecule has 0 aromatic heterocycles. The Labute approximate surface area is 209 Å². The molecule has 0 spiro atoms. The molecule has 0 radical (unpaired) electrons. The fourth-order valence-corrected chi connectivity index (χ4v) is 3.57. The van der Waals surface area contributed by atoms with Crippen LogP contribution >= 0.6 is 0 Å². The molecule has 36 heavy (non-hydrogen) atoms.